The first kappa shape index (κ1) is 15.3. The fraction of sp³-hybridized carbons (Fsp3) is 1.00. The molecule has 0 radical (unpaired) electrons. The zero-order chi connectivity index (χ0) is 14.0. The van der Waals surface area contributed by atoms with Gasteiger partial charge in [0.05, 0.1) is 6.10 Å². The lowest BCUT2D eigenvalue weighted by Gasteiger charge is -2.50. The predicted octanol–water partition coefficient (Wildman–Crippen LogP) is 3.68. The molecule has 0 aliphatic heterocycles. The molecule has 2 rings (SSSR count). The van der Waals surface area contributed by atoms with E-state index in [0.29, 0.717) is 5.92 Å². The quantitative estimate of drug-likeness (QED) is 0.843. The molecular formula is C17H33NO. The van der Waals surface area contributed by atoms with Gasteiger partial charge in [-0.1, -0.05) is 39.5 Å². The second-order valence-electron chi connectivity index (χ2n) is 7.53. The smallest absolute Gasteiger partial charge is 0.0751 e. The van der Waals surface area contributed by atoms with Gasteiger partial charge in [0.1, 0.15) is 0 Å². The van der Waals surface area contributed by atoms with Gasteiger partial charge >= 0.3 is 0 Å². The Bertz CT molecular complexity index is 283. The minimum atomic E-state index is -0.127. The first-order valence-corrected chi connectivity index (χ1v) is 8.33. The minimum Gasteiger partial charge on any atom is -0.391 e. The maximum Gasteiger partial charge on any atom is 0.0751 e. The van der Waals surface area contributed by atoms with Crippen molar-refractivity contribution in [1.29, 1.82) is 0 Å². The van der Waals surface area contributed by atoms with Crippen molar-refractivity contribution in [2.75, 3.05) is 14.1 Å². The first-order valence-electron chi connectivity index (χ1n) is 8.33. The third-order valence-electron chi connectivity index (χ3n) is 6.25. The van der Waals surface area contributed by atoms with Gasteiger partial charge in [0.25, 0.3) is 0 Å². The van der Waals surface area contributed by atoms with Crippen LogP contribution in [0.1, 0.15) is 65.2 Å². The summed E-state index contributed by atoms with van der Waals surface area (Å²) in [7, 11) is 4.34. The van der Waals surface area contributed by atoms with Crippen LogP contribution in [0, 0.1) is 17.8 Å². The molecule has 0 aromatic rings. The summed E-state index contributed by atoms with van der Waals surface area (Å²) in [5, 5.41) is 11.1. The van der Waals surface area contributed by atoms with Crippen molar-refractivity contribution < 1.29 is 5.11 Å². The van der Waals surface area contributed by atoms with E-state index in [1.54, 1.807) is 0 Å². The van der Waals surface area contributed by atoms with Gasteiger partial charge in [-0.3, -0.25) is 0 Å². The number of hydrogen-bond acceptors (Lipinski definition) is 2. The fourth-order valence-corrected chi connectivity index (χ4v) is 4.49. The molecule has 0 saturated heterocycles. The molecule has 4 unspecified atom stereocenters. The summed E-state index contributed by atoms with van der Waals surface area (Å²) in [5.41, 5.74) is 0.0587. The maximum atomic E-state index is 11.1. The number of rotatable bonds is 3. The Balaban J connectivity index is 2.09. The molecule has 0 bridgehead atoms. The number of aliphatic hydroxyl groups is 1. The second kappa shape index (κ2) is 6.13. The average molecular weight is 267 g/mol. The molecule has 2 fully saturated rings. The van der Waals surface area contributed by atoms with Crippen LogP contribution in [0.25, 0.3) is 0 Å². The van der Waals surface area contributed by atoms with E-state index >= 15 is 0 Å². The van der Waals surface area contributed by atoms with E-state index in [-0.39, 0.29) is 11.6 Å². The number of aliphatic hydroxyl groups excluding tert-OH is 1. The van der Waals surface area contributed by atoms with Crippen LogP contribution in [0.4, 0.5) is 0 Å². The molecule has 2 aliphatic carbocycles. The first-order chi connectivity index (χ1) is 8.97. The van der Waals surface area contributed by atoms with Crippen LogP contribution in [0.15, 0.2) is 0 Å². The van der Waals surface area contributed by atoms with Crippen LogP contribution >= 0.6 is 0 Å². The summed E-state index contributed by atoms with van der Waals surface area (Å²) in [6.45, 7) is 4.74. The Kier molecular flexibility index (Phi) is 4.94. The lowest BCUT2D eigenvalue weighted by molar-refractivity contribution is -0.0768. The van der Waals surface area contributed by atoms with Crippen molar-refractivity contribution >= 4 is 0 Å². The van der Waals surface area contributed by atoms with Crippen molar-refractivity contribution in [1.82, 2.24) is 4.90 Å². The third kappa shape index (κ3) is 3.00. The number of likely N-dealkylation sites (N-methyl/N-ethyl adjacent to an activating group) is 1. The van der Waals surface area contributed by atoms with Gasteiger partial charge < -0.3 is 10.0 Å². The highest BCUT2D eigenvalue weighted by molar-refractivity contribution is 5.00. The van der Waals surface area contributed by atoms with Crippen molar-refractivity contribution in [2.24, 2.45) is 17.8 Å². The van der Waals surface area contributed by atoms with E-state index in [2.05, 4.69) is 32.8 Å². The third-order valence-corrected chi connectivity index (χ3v) is 6.25. The highest BCUT2D eigenvalue weighted by Crippen LogP contribution is 2.43. The lowest BCUT2D eigenvalue weighted by Crippen LogP contribution is -2.57. The summed E-state index contributed by atoms with van der Waals surface area (Å²) >= 11 is 0. The standard InChI is InChI=1S/C17H33NO/c1-13-8-9-15(12-14(13)2)16(19)17(18(3)4)10-6-5-7-11-17/h13-16,19H,5-12H2,1-4H3. The normalized spacial score (nSPS) is 37.3. The Morgan fingerprint density at radius 1 is 1.00 bits per heavy atom. The molecule has 2 nitrogen and oxygen atoms in total. The van der Waals surface area contributed by atoms with Crippen LogP contribution < -0.4 is 0 Å². The lowest BCUT2D eigenvalue weighted by atomic mass is 9.66. The molecule has 4 atom stereocenters. The van der Waals surface area contributed by atoms with E-state index in [4.69, 9.17) is 0 Å². The van der Waals surface area contributed by atoms with Crippen molar-refractivity contribution in [3.05, 3.63) is 0 Å². The molecule has 0 aromatic heterocycles. The summed E-state index contributed by atoms with van der Waals surface area (Å²) in [4.78, 5) is 2.33. The van der Waals surface area contributed by atoms with Gasteiger partial charge in [-0.15, -0.1) is 0 Å². The van der Waals surface area contributed by atoms with Gasteiger partial charge in [0.2, 0.25) is 0 Å². The molecule has 2 heteroatoms. The summed E-state index contributed by atoms with van der Waals surface area (Å²) in [5.74, 6) is 2.13. The fourth-order valence-electron chi connectivity index (χ4n) is 4.49. The Morgan fingerprint density at radius 3 is 2.16 bits per heavy atom. The van der Waals surface area contributed by atoms with Crippen molar-refractivity contribution in [3.63, 3.8) is 0 Å². The Labute approximate surface area is 119 Å². The van der Waals surface area contributed by atoms with Crippen LogP contribution in [0.5, 0.6) is 0 Å². The molecule has 1 N–H and O–H groups in total. The molecule has 112 valence electrons. The Hall–Kier alpha value is -0.0800. The van der Waals surface area contributed by atoms with Gasteiger partial charge in [0, 0.05) is 5.54 Å². The minimum absolute atomic E-state index is 0.0587. The largest absolute Gasteiger partial charge is 0.391 e. The summed E-state index contributed by atoms with van der Waals surface area (Å²) in [6, 6.07) is 0. The molecule has 2 saturated carbocycles. The SMILES string of the molecule is CC1CCC(C(O)C2(N(C)C)CCCCC2)CC1C. The van der Waals surface area contributed by atoms with E-state index in [1.165, 1.54) is 51.4 Å². The molecule has 0 amide bonds. The van der Waals surface area contributed by atoms with Crippen LogP contribution in [0.3, 0.4) is 0 Å². The van der Waals surface area contributed by atoms with Gasteiger partial charge in [0.15, 0.2) is 0 Å². The molecule has 0 spiro atoms. The predicted molar refractivity (Wildman–Crippen MR) is 81.2 cm³/mol. The number of hydrogen-bond donors (Lipinski definition) is 1. The van der Waals surface area contributed by atoms with Crippen LogP contribution in [0.2, 0.25) is 0 Å². The second-order valence-corrected chi connectivity index (χ2v) is 7.53. The van der Waals surface area contributed by atoms with Gasteiger partial charge in [-0.05, 0) is 57.5 Å². The molecular weight excluding hydrogens is 234 g/mol. The Morgan fingerprint density at radius 2 is 1.63 bits per heavy atom. The molecule has 2 aliphatic rings. The van der Waals surface area contributed by atoms with E-state index in [1.807, 2.05) is 0 Å². The molecule has 0 heterocycles. The highest BCUT2D eigenvalue weighted by atomic mass is 16.3. The van der Waals surface area contributed by atoms with Crippen molar-refractivity contribution in [3.8, 4) is 0 Å². The monoisotopic (exact) mass is 267 g/mol. The number of nitrogens with zero attached hydrogens (tertiary/aromatic N) is 1. The molecule has 19 heavy (non-hydrogen) atoms. The summed E-state index contributed by atoms with van der Waals surface area (Å²) < 4.78 is 0. The van der Waals surface area contributed by atoms with Crippen LogP contribution in [-0.4, -0.2) is 35.7 Å². The van der Waals surface area contributed by atoms with Gasteiger partial charge in [-0.2, -0.15) is 0 Å². The van der Waals surface area contributed by atoms with Crippen LogP contribution in [-0.2, 0) is 0 Å². The molecule has 0 aromatic carbocycles. The summed E-state index contributed by atoms with van der Waals surface area (Å²) in [6.07, 6.45) is 9.90. The van der Waals surface area contributed by atoms with E-state index in [9.17, 15) is 5.11 Å². The van der Waals surface area contributed by atoms with E-state index < -0.39 is 0 Å². The highest BCUT2D eigenvalue weighted by Gasteiger charge is 2.45. The van der Waals surface area contributed by atoms with Gasteiger partial charge in [-0.25, -0.2) is 0 Å². The zero-order valence-corrected chi connectivity index (χ0v) is 13.4. The average Bonchev–Trinajstić information content (AvgIpc) is 2.41. The maximum absolute atomic E-state index is 11.1. The van der Waals surface area contributed by atoms with Crippen molar-refractivity contribution in [2.45, 2.75) is 76.9 Å². The topological polar surface area (TPSA) is 23.5 Å². The zero-order valence-electron chi connectivity index (χ0n) is 13.4. The van der Waals surface area contributed by atoms with E-state index in [0.717, 1.165) is 11.8 Å².